The van der Waals surface area contributed by atoms with Crippen LogP contribution in [0.2, 0.25) is 0 Å². The fourth-order valence-corrected chi connectivity index (χ4v) is 3.32. The number of nitrogens with one attached hydrogen (secondary N) is 1. The number of rotatable bonds is 6. The molecule has 1 aliphatic carbocycles. The molecule has 0 aliphatic heterocycles. The maximum absolute atomic E-state index is 5.28. The predicted octanol–water partition coefficient (Wildman–Crippen LogP) is 3.95. The Kier molecular flexibility index (Phi) is 6.01. The highest BCUT2D eigenvalue weighted by molar-refractivity contribution is 14.1. The lowest BCUT2D eigenvalue weighted by atomic mass is 10.1. The number of anilines is 1. The molecular weight excluding hydrogens is 365 g/mol. The Morgan fingerprint density at radius 1 is 1.35 bits per heavy atom. The molecule has 0 amide bonds. The third-order valence-corrected chi connectivity index (χ3v) is 4.95. The van der Waals surface area contributed by atoms with Crippen LogP contribution in [0.5, 0.6) is 0 Å². The van der Waals surface area contributed by atoms with E-state index in [1.54, 1.807) is 7.11 Å². The van der Waals surface area contributed by atoms with Gasteiger partial charge >= 0.3 is 0 Å². The van der Waals surface area contributed by atoms with Crippen molar-refractivity contribution in [1.82, 2.24) is 9.97 Å². The molecule has 1 aliphatic rings. The van der Waals surface area contributed by atoms with E-state index in [9.17, 15) is 0 Å². The van der Waals surface area contributed by atoms with Gasteiger partial charge in [-0.1, -0.05) is 13.8 Å². The van der Waals surface area contributed by atoms with Crippen LogP contribution in [0.4, 0.5) is 5.82 Å². The van der Waals surface area contributed by atoms with Crippen LogP contribution in [0.1, 0.15) is 57.0 Å². The SMILES string of the molecule is CCCNc1nc(C2CCC(C)C2)nc(COC)c1I. The smallest absolute Gasteiger partial charge is 0.143 e. The standard InChI is InChI=1S/C15H24IN3O/c1-4-7-17-15-13(16)12(9-20-3)18-14(19-15)11-6-5-10(2)8-11/h10-11H,4-9H2,1-3H3,(H,17,18,19). The summed E-state index contributed by atoms with van der Waals surface area (Å²) >= 11 is 2.32. The van der Waals surface area contributed by atoms with Crippen LogP contribution >= 0.6 is 22.6 Å². The highest BCUT2D eigenvalue weighted by Gasteiger charge is 2.26. The molecule has 0 radical (unpaired) electrons. The Hall–Kier alpha value is -0.430. The molecular formula is C15H24IN3O. The van der Waals surface area contributed by atoms with Crippen molar-refractivity contribution in [1.29, 1.82) is 0 Å². The van der Waals surface area contributed by atoms with Crippen molar-refractivity contribution in [3.8, 4) is 0 Å². The highest BCUT2D eigenvalue weighted by Crippen LogP contribution is 2.37. The first kappa shape index (κ1) is 15.9. The minimum Gasteiger partial charge on any atom is -0.378 e. The average molecular weight is 389 g/mol. The fourth-order valence-electron chi connectivity index (χ4n) is 2.73. The first-order chi connectivity index (χ1) is 9.65. The van der Waals surface area contributed by atoms with E-state index in [2.05, 4.69) is 41.8 Å². The first-order valence-electron chi connectivity index (χ1n) is 7.44. The first-order valence-corrected chi connectivity index (χ1v) is 8.52. The Morgan fingerprint density at radius 3 is 2.75 bits per heavy atom. The van der Waals surface area contributed by atoms with Crippen molar-refractivity contribution in [3.05, 3.63) is 15.1 Å². The summed E-state index contributed by atoms with van der Waals surface area (Å²) in [5, 5.41) is 3.42. The lowest BCUT2D eigenvalue weighted by molar-refractivity contribution is 0.180. The molecule has 1 N–H and O–H groups in total. The summed E-state index contributed by atoms with van der Waals surface area (Å²) in [6.45, 7) is 5.98. The van der Waals surface area contributed by atoms with Crippen molar-refractivity contribution in [3.63, 3.8) is 0 Å². The van der Waals surface area contributed by atoms with E-state index in [0.717, 1.165) is 39.8 Å². The fraction of sp³-hybridized carbons (Fsp3) is 0.733. The van der Waals surface area contributed by atoms with Crippen LogP contribution in [-0.2, 0) is 11.3 Å². The van der Waals surface area contributed by atoms with E-state index in [-0.39, 0.29) is 0 Å². The normalized spacial score (nSPS) is 22.2. The van der Waals surface area contributed by atoms with Crippen molar-refractivity contribution in [2.24, 2.45) is 5.92 Å². The number of methoxy groups -OCH3 is 1. The van der Waals surface area contributed by atoms with E-state index < -0.39 is 0 Å². The third kappa shape index (κ3) is 3.81. The molecule has 1 fully saturated rings. The Morgan fingerprint density at radius 2 is 2.15 bits per heavy atom. The quantitative estimate of drug-likeness (QED) is 0.749. The number of halogens is 1. The summed E-state index contributed by atoms with van der Waals surface area (Å²) in [6.07, 6.45) is 4.80. The summed E-state index contributed by atoms with van der Waals surface area (Å²) in [5.74, 6) is 3.28. The predicted molar refractivity (Wildman–Crippen MR) is 90.0 cm³/mol. The van der Waals surface area contributed by atoms with Crippen LogP contribution in [-0.4, -0.2) is 23.6 Å². The minimum absolute atomic E-state index is 0.514. The molecule has 5 heteroatoms. The maximum atomic E-state index is 5.28. The van der Waals surface area contributed by atoms with Crippen LogP contribution in [0.15, 0.2) is 0 Å². The molecule has 0 aromatic carbocycles. The monoisotopic (exact) mass is 389 g/mol. The van der Waals surface area contributed by atoms with Gasteiger partial charge in [0.15, 0.2) is 0 Å². The number of aromatic nitrogens is 2. The Labute approximate surface area is 135 Å². The second-order valence-electron chi connectivity index (χ2n) is 5.67. The van der Waals surface area contributed by atoms with Gasteiger partial charge in [-0.15, -0.1) is 0 Å². The highest BCUT2D eigenvalue weighted by atomic mass is 127. The summed E-state index contributed by atoms with van der Waals surface area (Å²) < 4.78 is 6.37. The Balaban J connectivity index is 2.28. The molecule has 1 aromatic rings. The lowest BCUT2D eigenvalue weighted by Gasteiger charge is -2.15. The van der Waals surface area contributed by atoms with Crippen molar-refractivity contribution >= 4 is 28.4 Å². The van der Waals surface area contributed by atoms with Gasteiger partial charge in [-0.05, 0) is 54.2 Å². The van der Waals surface area contributed by atoms with E-state index in [4.69, 9.17) is 14.7 Å². The van der Waals surface area contributed by atoms with Crippen molar-refractivity contribution in [2.45, 2.75) is 52.1 Å². The summed E-state index contributed by atoms with van der Waals surface area (Å²) in [7, 11) is 1.72. The average Bonchev–Trinajstić information content (AvgIpc) is 2.86. The molecule has 1 heterocycles. The molecule has 0 bridgehead atoms. The van der Waals surface area contributed by atoms with Crippen LogP contribution in [0.25, 0.3) is 0 Å². The largest absolute Gasteiger partial charge is 0.378 e. The van der Waals surface area contributed by atoms with E-state index in [0.29, 0.717) is 12.5 Å². The van der Waals surface area contributed by atoms with Gasteiger partial charge in [-0.3, -0.25) is 0 Å². The van der Waals surface area contributed by atoms with Gasteiger partial charge in [0.2, 0.25) is 0 Å². The van der Waals surface area contributed by atoms with Crippen molar-refractivity contribution < 1.29 is 4.74 Å². The summed E-state index contributed by atoms with van der Waals surface area (Å²) in [5.41, 5.74) is 1.01. The van der Waals surface area contributed by atoms with Gasteiger partial charge < -0.3 is 10.1 Å². The van der Waals surface area contributed by atoms with E-state index >= 15 is 0 Å². The van der Waals surface area contributed by atoms with Crippen LogP contribution in [0.3, 0.4) is 0 Å². The van der Waals surface area contributed by atoms with Gasteiger partial charge in [-0.25, -0.2) is 9.97 Å². The van der Waals surface area contributed by atoms with E-state index in [1.165, 1.54) is 19.3 Å². The molecule has 2 atom stereocenters. The van der Waals surface area contributed by atoms with E-state index in [1.807, 2.05) is 0 Å². The van der Waals surface area contributed by atoms with Gasteiger partial charge in [0.25, 0.3) is 0 Å². The molecule has 2 unspecified atom stereocenters. The molecule has 112 valence electrons. The summed E-state index contributed by atoms with van der Waals surface area (Å²) in [4.78, 5) is 9.55. The molecule has 20 heavy (non-hydrogen) atoms. The lowest BCUT2D eigenvalue weighted by Crippen LogP contribution is -2.13. The van der Waals surface area contributed by atoms with Crippen LogP contribution in [0, 0.1) is 9.49 Å². The molecule has 4 nitrogen and oxygen atoms in total. The van der Waals surface area contributed by atoms with Crippen molar-refractivity contribution in [2.75, 3.05) is 19.0 Å². The molecule has 2 rings (SSSR count). The van der Waals surface area contributed by atoms with Gasteiger partial charge in [0.1, 0.15) is 11.6 Å². The topological polar surface area (TPSA) is 47.0 Å². The Bertz CT molecular complexity index is 453. The van der Waals surface area contributed by atoms with Crippen LogP contribution < -0.4 is 5.32 Å². The number of nitrogens with zero attached hydrogens (tertiary/aromatic N) is 2. The minimum atomic E-state index is 0.514. The van der Waals surface area contributed by atoms with Gasteiger partial charge in [-0.2, -0.15) is 0 Å². The molecule has 0 saturated heterocycles. The zero-order valence-electron chi connectivity index (χ0n) is 12.6. The molecule has 1 aromatic heterocycles. The number of ether oxygens (including phenoxy) is 1. The molecule has 0 spiro atoms. The number of hydrogen-bond donors (Lipinski definition) is 1. The number of hydrogen-bond acceptors (Lipinski definition) is 4. The maximum Gasteiger partial charge on any atom is 0.143 e. The molecule has 1 saturated carbocycles. The third-order valence-electron chi connectivity index (χ3n) is 3.82. The zero-order chi connectivity index (χ0) is 14.5. The van der Waals surface area contributed by atoms with Gasteiger partial charge in [0, 0.05) is 19.6 Å². The van der Waals surface area contributed by atoms with Gasteiger partial charge in [0.05, 0.1) is 15.9 Å². The summed E-state index contributed by atoms with van der Waals surface area (Å²) in [6, 6.07) is 0. The second-order valence-corrected chi connectivity index (χ2v) is 6.74. The zero-order valence-corrected chi connectivity index (χ0v) is 14.7. The second kappa shape index (κ2) is 7.54.